The van der Waals surface area contributed by atoms with Crippen molar-refractivity contribution in [2.75, 3.05) is 12.3 Å². The molecule has 1 amide bonds. The summed E-state index contributed by atoms with van der Waals surface area (Å²) in [6.07, 6.45) is 4.37. The molecule has 0 saturated heterocycles. The van der Waals surface area contributed by atoms with Gasteiger partial charge in [-0.3, -0.25) is 4.79 Å². The molecular weight excluding hydrogens is 268 g/mol. The molecule has 102 valence electrons. The number of hydrogen-bond donors (Lipinski definition) is 1. The number of amides is 1. The predicted molar refractivity (Wildman–Crippen MR) is 83.3 cm³/mol. The summed E-state index contributed by atoms with van der Waals surface area (Å²) in [5.41, 5.74) is 9.16. The quantitative estimate of drug-likeness (QED) is 0.681. The highest BCUT2D eigenvalue weighted by Crippen LogP contribution is 2.24. The topological polar surface area (TPSA) is 46.3 Å². The molecule has 20 heavy (non-hydrogen) atoms. The number of nitrogens with zero attached hydrogens (tertiary/aromatic N) is 1. The summed E-state index contributed by atoms with van der Waals surface area (Å²) < 4.78 is 0. The highest BCUT2D eigenvalue weighted by Gasteiger charge is 2.20. The minimum Gasteiger partial charge on any atom is -0.398 e. The highest BCUT2D eigenvalue weighted by atomic mass is 32.1. The number of nitrogen functional groups attached to an aromatic ring is 1. The first kappa shape index (κ1) is 12.9. The summed E-state index contributed by atoms with van der Waals surface area (Å²) in [6, 6.07) is 9.90. The van der Waals surface area contributed by atoms with Gasteiger partial charge < -0.3 is 10.6 Å². The normalized spacial score (nSPS) is 14.5. The van der Waals surface area contributed by atoms with Crippen LogP contribution in [0, 0.1) is 0 Å². The van der Waals surface area contributed by atoms with E-state index in [1.165, 1.54) is 5.56 Å². The van der Waals surface area contributed by atoms with Crippen LogP contribution in [0.1, 0.15) is 16.0 Å². The summed E-state index contributed by atoms with van der Waals surface area (Å²) in [5, 5.41) is 2.00. The number of carbonyl (C=O) groups excluding carboxylic acids is 1. The molecule has 0 saturated carbocycles. The molecule has 0 radical (unpaired) electrons. The van der Waals surface area contributed by atoms with Crippen LogP contribution in [0.5, 0.6) is 0 Å². The van der Waals surface area contributed by atoms with E-state index < -0.39 is 0 Å². The molecular formula is C16H16N2OS. The van der Waals surface area contributed by atoms with E-state index in [9.17, 15) is 4.79 Å². The van der Waals surface area contributed by atoms with Crippen LogP contribution in [0.25, 0.3) is 6.08 Å². The lowest BCUT2D eigenvalue weighted by Crippen LogP contribution is -2.35. The van der Waals surface area contributed by atoms with Crippen molar-refractivity contribution >= 4 is 29.0 Å². The van der Waals surface area contributed by atoms with Crippen LogP contribution < -0.4 is 5.73 Å². The lowest BCUT2D eigenvalue weighted by Gasteiger charge is -2.28. The van der Waals surface area contributed by atoms with E-state index in [1.54, 1.807) is 17.4 Å². The van der Waals surface area contributed by atoms with Crippen LogP contribution in [0.3, 0.4) is 0 Å². The molecule has 0 bridgehead atoms. The van der Waals surface area contributed by atoms with Crippen LogP contribution >= 0.6 is 11.3 Å². The van der Waals surface area contributed by atoms with Gasteiger partial charge in [0.2, 0.25) is 5.91 Å². The Labute approximate surface area is 122 Å². The van der Waals surface area contributed by atoms with Crippen molar-refractivity contribution in [2.45, 2.75) is 13.0 Å². The maximum atomic E-state index is 12.2. The molecule has 2 aromatic rings. The van der Waals surface area contributed by atoms with E-state index in [-0.39, 0.29) is 5.91 Å². The first-order valence-corrected chi connectivity index (χ1v) is 7.49. The van der Waals surface area contributed by atoms with Crippen LogP contribution in [-0.2, 0) is 17.8 Å². The second kappa shape index (κ2) is 5.51. The number of rotatable bonds is 2. The smallest absolute Gasteiger partial charge is 0.246 e. The molecule has 1 aromatic carbocycles. The summed E-state index contributed by atoms with van der Waals surface area (Å²) in [7, 11) is 0. The van der Waals surface area contributed by atoms with Gasteiger partial charge in [-0.05, 0) is 41.1 Å². The van der Waals surface area contributed by atoms with Gasteiger partial charge in [0.05, 0.1) is 0 Å². The van der Waals surface area contributed by atoms with E-state index in [4.69, 9.17) is 5.73 Å². The Morgan fingerprint density at radius 1 is 1.30 bits per heavy atom. The maximum absolute atomic E-state index is 12.2. The molecule has 0 aliphatic carbocycles. The second-order valence-corrected chi connectivity index (χ2v) is 5.82. The minimum absolute atomic E-state index is 0.0616. The number of fused-ring (bicyclic) bond motifs is 1. The third kappa shape index (κ3) is 2.60. The lowest BCUT2D eigenvalue weighted by atomic mass is 9.98. The SMILES string of the molecule is Nc1cccc2c1CCN(C(=O)C=Cc1cccs1)C2. The Balaban J connectivity index is 1.72. The van der Waals surface area contributed by atoms with Crippen molar-refractivity contribution < 1.29 is 4.79 Å². The van der Waals surface area contributed by atoms with Crippen molar-refractivity contribution in [1.82, 2.24) is 4.90 Å². The molecule has 1 aliphatic heterocycles. The fourth-order valence-corrected chi connectivity index (χ4v) is 3.09. The number of benzene rings is 1. The fraction of sp³-hybridized carbons (Fsp3) is 0.188. The average Bonchev–Trinajstić information content (AvgIpc) is 2.98. The van der Waals surface area contributed by atoms with Gasteiger partial charge in [0.25, 0.3) is 0 Å². The van der Waals surface area contributed by atoms with Crippen molar-refractivity contribution in [3.8, 4) is 0 Å². The molecule has 0 spiro atoms. The Bertz CT molecular complexity index is 647. The van der Waals surface area contributed by atoms with Crippen molar-refractivity contribution in [1.29, 1.82) is 0 Å². The van der Waals surface area contributed by atoms with Gasteiger partial charge in [0, 0.05) is 29.7 Å². The summed E-state index contributed by atoms with van der Waals surface area (Å²) in [4.78, 5) is 15.2. The third-order valence-corrected chi connectivity index (χ3v) is 4.38. The number of carbonyl (C=O) groups is 1. The van der Waals surface area contributed by atoms with Crippen LogP contribution in [0.15, 0.2) is 41.8 Å². The second-order valence-electron chi connectivity index (χ2n) is 4.84. The lowest BCUT2D eigenvalue weighted by molar-refractivity contribution is -0.126. The number of hydrogen-bond acceptors (Lipinski definition) is 3. The van der Waals surface area contributed by atoms with Gasteiger partial charge in [-0.2, -0.15) is 0 Å². The van der Waals surface area contributed by atoms with E-state index >= 15 is 0 Å². The molecule has 4 heteroatoms. The van der Waals surface area contributed by atoms with Crippen LogP contribution in [0.2, 0.25) is 0 Å². The van der Waals surface area contributed by atoms with Crippen LogP contribution in [-0.4, -0.2) is 17.4 Å². The van der Waals surface area contributed by atoms with Crippen LogP contribution in [0.4, 0.5) is 5.69 Å². The highest BCUT2D eigenvalue weighted by molar-refractivity contribution is 7.10. The number of anilines is 1. The van der Waals surface area contributed by atoms with Crippen molar-refractivity contribution in [3.63, 3.8) is 0 Å². The molecule has 2 N–H and O–H groups in total. The Kier molecular flexibility index (Phi) is 3.56. The predicted octanol–water partition coefficient (Wildman–Crippen LogP) is 2.93. The largest absolute Gasteiger partial charge is 0.398 e. The third-order valence-electron chi connectivity index (χ3n) is 3.55. The first-order valence-electron chi connectivity index (χ1n) is 6.61. The van der Waals surface area contributed by atoms with E-state index in [1.807, 2.05) is 46.7 Å². The molecule has 3 rings (SSSR count). The Hall–Kier alpha value is -2.07. The zero-order valence-electron chi connectivity index (χ0n) is 11.1. The molecule has 0 unspecified atom stereocenters. The zero-order chi connectivity index (χ0) is 13.9. The molecule has 2 heterocycles. The fourth-order valence-electron chi connectivity index (χ4n) is 2.47. The number of nitrogens with two attached hydrogens (primary N) is 1. The van der Waals surface area contributed by atoms with Gasteiger partial charge in [-0.1, -0.05) is 18.2 Å². The van der Waals surface area contributed by atoms with Crippen molar-refractivity contribution in [2.24, 2.45) is 0 Å². The van der Waals surface area contributed by atoms with Gasteiger partial charge >= 0.3 is 0 Å². The summed E-state index contributed by atoms with van der Waals surface area (Å²) >= 11 is 1.63. The first-order chi connectivity index (χ1) is 9.74. The molecule has 1 aliphatic rings. The molecule has 3 nitrogen and oxygen atoms in total. The standard InChI is InChI=1S/C16H16N2OS/c17-15-5-1-3-12-11-18(9-8-14(12)15)16(19)7-6-13-4-2-10-20-13/h1-7,10H,8-9,11,17H2. The van der Waals surface area contributed by atoms with E-state index in [2.05, 4.69) is 0 Å². The molecule has 1 aromatic heterocycles. The number of thiophene rings is 1. The maximum Gasteiger partial charge on any atom is 0.246 e. The minimum atomic E-state index is 0.0616. The Morgan fingerprint density at radius 2 is 2.20 bits per heavy atom. The zero-order valence-corrected chi connectivity index (χ0v) is 11.9. The summed E-state index contributed by atoms with van der Waals surface area (Å²) in [6.45, 7) is 1.38. The van der Waals surface area contributed by atoms with Crippen molar-refractivity contribution in [3.05, 3.63) is 57.8 Å². The van der Waals surface area contributed by atoms with Gasteiger partial charge in [0.15, 0.2) is 0 Å². The monoisotopic (exact) mass is 284 g/mol. The van der Waals surface area contributed by atoms with Gasteiger partial charge in [0.1, 0.15) is 0 Å². The average molecular weight is 284 g/mol. The Morgan fingerprint density at radius 3 is 3.00 bits per heavy atom. The van der Waals surface area contributed by atoms with E-state index in [0.29, 0.717) is 6.54 Å². The summed E-state index contributed by atoms with van der Waals surface area (Å²) in [5.74, 6) is 0.0616. The molecule has 0 atom stereocenters. The van der Waals surface area contributed by atoms with E-state index in [0.717, 1.165) is 29.1 Å². The molecule has 0 fully saturated rings. The van der Waals surface area contributed by atoms with Gasteiger partial charge in [-0.25, -0.2) is 0 Å². The van der Waals surface area contributed by atoms with Gasteiger partial charge in [-0.15, -0.1) is 11.3 Å².